The Kier molecular flexibility index (Phi) is 7.46. The number of furan rings is 1. The smallest absolute Gasteiger partial charge is 0.162 e. The van der Waals surface area contributed by atoms with E-state index in [4.69, 9.17) is 14.4 Å². The molecule has 0 unspecified atom stereocenters. The predicted molar refractivity (Wildman–Crippen MR) is 231 cm³/mol. The maximum Gasteiger partial charge on any atom is 0.162 e. The molecular weight excluding hydrogens is 683 g/mol. The Bertz CT molecular complexity index is 3160. The van der Waals surface area contributed by atoms with Gasteiger partial charge in [-0.3, -0.25) is 0 Å². The fourth-order valence-electron chi connectivity index (χ4n) is 8.05. The van der Waals surface area contributed by atoms with Crippen molar-refractivity contribution in [2.45, 2.75) is 0 Å². The van der Waals surface area contributed by atoms with Crippen molar-refractivity contribution in [1.29, 1.82) is 0 Å². The van der Waals surface area contributed by atoms with E-state index in [1.165, 1.54) is 27.3 Å². The van der Waals surface area contributed by atoms with Crippen molar-refractivity contribution in [2.75, 3.05) is 0 Å². The van der Waals surface area contributed by atoms with Gasteiger partial charge in [0.1, 0.15) is 11.3 Å². The Morgan fingerprint density at radius 3 is 1.70 bits per heavy atom. The van der Waals surface area contributed by atoms with Gasteiger partial charge < -0.3 is 8.98 Å². The van der Waals surface area contributed by atoms with Gasteiger partial charge in [0.15, 0.2) is 5.82 Å². The van der Waals surface area contributed by atoms with Gasteiger partial charge in [0.2, 0.25) is 0 Å². The topological polar surface area (TPSA) is 43.9 Å². The first kappa shape index (κ1) is 31.9. The number of rotatable bonds is 6. The van der Waals surface area contributed by atoms with Gasteiger partial charge in [-0.1, -0.05) is 146 Å². The summed E-state index contributed by atoms with van der Waals surface area (Å²) in [4.78, 5) is 10.7. The normalized spacial score (nSPS) is 11.6. The fourth-order valence-corrected chi connectivity index (χ4v) is 8.05. The van der Waals surface area contributed by atoms with E-state index in [1.54, 1.807) is 0 Å². The minimum atomic E-state index is 0.663. The zero-order valence-electron chi connectivity index (χ0n) is 30.3. The number of aromatic nitrogens is 3. The standard InChI is InChI=1S/C52H33N3O/c1-2-12-34(13-3-1)37-26-27-39-31-40(29-28-38(39)30-37)46-33-45(35-22-24-36(25-23-35)51-32-41-14-4-11-21-50(41)56-51)53-52(54-46)44-17-7-10-20-49(44)55-47-18-8-5-15-42(47)43-16-6-9-19-48(43)55/h1-33H. The van der Waals surface area contributed by atoms with E-state index in [2.05, 4.69) is 187 Å². The van der Waals surface area contributed by atoms with Crippen molar-refractivity contribution in [1.82, 2.24) is 14.5 Å². The molecule has 0 fully saturated rings. The molecule has 4 heteroatoms. The second-order valence-corrected chi connectivity index (χ2v) is 14.2. The summed E-state index contributed by atoms with van der Waals surface area (Å²) in [5, 5.41) is 5.85. The first-order chi connectivity index (χ1) is 27.7. The number of benzene rings is 8. The van der Waals surface area contributed by atoms with E-state index in [1.807, 2.05) is 18.2 Å². The van der Waals surface area contributed by atoms with Crippen LogP contribution in [0.5, 0.6) is 0 Å². The van der Waals surface area contributed by atoms with Crippen LogP contribution in [-0.4, -0.2) is 14.5 Å². The second kappa shape index (κ2) is 13.1. The molecule has 0 radical (unpaired) electrons. The van der Waals surface area contributed by atoms with Crippen LogP contribution in [0.15, 0.2) is 205 Å². The molecule has 56 heavy (non-hydrogen) atoms. The van der Waals surface area contributed by atoms with Gasteiger partial charge in [0.05, 0.1) is 28.1 Å². The first-order valence-electron chi connectivity index (χ1n) is 18.9. The third kappa shape index (κ3) is 5.47. The van der Waals surface area contributed by atoms with Crippen molar-refractivity contribution in [3.8, 4) is 62.0 Å². The average molecular weight is 716 g/mol. The summed E-state index contributed by atoms with van der Waals surface area (Å²) >= 11 is 0. The van der Waals surface area contributed by atoms with Crippen LogP contribution in [0.3, 0.4) is 0 Å². The predicted octanol–water partition coefficient (Wildman–Crippen LogP) is 13.8. The van der Waals surface area contributed by atoms with Crippen LogP contribution >= 0.6 is 0 Å². The Morgan fingerprint density at radius 1 is 0.375 bits per heavy atom. The highest BCUT2D eigenvalue weighted by atomic mass is 16.3. The Balaban J connectivity index is 1.08. The van der Waals surface area contributed by atoms with Gasteiger partial charge in [-0.05, 0) is 76.5 Å². The van der Waals surface area contributed by atoms with E-state index < -0.39 is 0 Å². The molecule has 0 N–H and O–H groups in total. The summed E-state index contributed by atoms with van der Waals surface area (Å²) in [7, 11) is 0. The molecule has 0 aliphatic rings. The molecule has 0 bridgehead atoms. The molecule has 3 heterocycles. The zero-order chi connectivity index (χ0) is 37.0. The molecule has 8 aromatic carbocycles. The monoisotopic (exact) mass is 715 g/mol. The number of hydrogen-bond donors (Lipinski definition) is 0. The lowest BCUT2D eigenvalue weighted by atomic mass is 9.98. The Morgan fingerprint density at radius 2 is 0.946 bits per heavy atom. The third-order valence-electron chi connectivity index (χ3n) is 10.8. The van der Waals surface area contributed by atoms with E-state index >= 15 is 0 Å². The third-order valence-corrected chi connectivity index (χ3v) is 10.8. The largest absolute Gasteiger partial charge is 0.456 e. The summed E-state index contributed by atoms with van der Waals surface area (Å²) < 4.78 is 8.55. The quantitative estimate of drug-likeness (QED) is 0.172. The fraction of sp³-hybridized carbons (Fsp3) is 0. The van der Waals surface area contributed by atoms with Crippen LogP contribution in [0.25, 0.3) is 106 Å². The molecule has 0 saturated carbocycles. The average Bonchev–Trinajstić information content (AvgIpc) is 3.86. The SMILES string of the molecule is c1ccc(-c2ccc3cc(-c4cc(-c5ccc(-c6cc7ccccc7o6)cc5)nc(-c5ccccc5-n5c6ccccc6c6ccccc65)n4)ccc3c2)cc1. The zero-order valence-corrected chi connectivity index (χ0v) is 30.3. The lowest BCUT2D eigenvalue weighted by molar-refractivity contribution is 0.631. The highest BCUT2D eigenvalue weighted by Gasteiger charge is 2.19. The number of hydrogen-bond acceptors (Lipinski definition) is 3. The van der Waals surface area contributed by atoms with Crippen LogP contribution in [-0.2, 0) is 0 Å². The summed E-state index contributed by atoms with van der Waals surface area (Å²) in [6.45, 7) is 0. The van der Waals surface area contributed by atoms with Gasteiger partial charge in [-0.15, -0.1) is 0 Å². The van der Waals surface area contributed by atoms with Crippen molar-refractivity contribution >= 4 is 43.5 Å². The highest BCUT2D eigenvalue weighted by Crippen LogP contribution is 2.38. The van der Waals surface area contributed by atoms with E-state index in [9.17, 15) is 0 Å². The van der Waals surface area contributed by atoms with Crippen molar-refractivity contribution in [2.24, 2.45) is 0 Å². The Hall–Kier alpha value is -7.56. The summed E-state index contributed by atoms with van der Waals surface area (Å²) in [5.74, 6) is 1.50. The lowest BCUT2D eigenvalue weighted by Crippen LogP contribution is -2.01. The van der Waals surface area contributed by atoms with E-state index in [0.29, 0.717) is 5.82 Å². The minimum Gasteiger partial charge on any atom is -0.456 e. The van der Waals surface area contributed by atoms with Crippen LogP contribution in [0.1, 0.15) is 0 Å². The van der Waals surface area contributed by atoms with Gasteiger partial charge >= 0.3 is 0 Å². The second-order valence-electron chi connectivity index (χ2n) is 14.2. The van der Waals surface area contributed by atoms with Crippen LogP contribution < -0.4 is 0 Å². The van der Waals surface area contributed by atoms with Crippen LogP contribution in [0.2, 0.25) is 0 Å². The molecule has 0 spiro atoms. The number of nitrogens with zero attached hydrogens (tertiary/aromatic N) is 3. The molecule has 0 aliphatic carbocycles. The van der Waals surface area contributed by atoms with Gasteiger partial charge in [-0.2, -0.15) is 0 Å². The highest BCUT2D eigenvalue weighted by molar-refractivity contribution is 6.09. The molecule has 11 rings (SSSR count). The van der Waals surface area contributed by atoms with E-state index in [-0.39, 0.29) is 0 Å². The minimum absolute atomic E-state index is 0.663. The maximum atomic E-state index is 6.20. The number of fused-ring (bicyclic) bond motifs is 5. The van der Waals surface area contributed by atoms with Crippen molar-refractivity contribution in [3.05, 3.63) is 200 Å². The van der Waals surface area contributed by atoms with E-state index in [0.717, 1.165) is 72.5 Å². The Labute approximate surface area is 323 Å². The van der Waals surface area contributed by atoms with Gasteiger partial charge in [0, 0.05) is 38.4 Å². The summed E-state index contributed by atoms with van der Waals surface area (Å²) in [5.41, 5.74) is 12.3. The molecule has 3 aromatic heterocycles. The maximum absolute atomic E-state index is 6.20. The van der Waals surface area contributed by atoms with Gasteiger partial charge in [0.25, 0.3) is 0 Å². The molecule has 262 valence electrons. The molecule has 0 atom stereocenters. The molecule has 11 aromatic rings. The lowest BCUT2D eigenvalue weighted by Gasteiger charge is -2.15. The molecular formula is C52H33N3O. The summed E-state index contributed by atoms with van der Waals surface area (Å²) in [6.07, 6.45) is 0. The van der Waals surface area contributed by atoms with Crippen LogP contribution in [0.4, 0.5) is 0 Å². The van der Waals surface area contributed by atoms with Crippen molar-refractivity contribution in [3.63, 3.8) is 0 Å². The molecule has 0 aliphatic heterocycles. The van der Waals surface area contributed by atoms with Gasteiger partial charge in [-0.25, -0.2) is 9.97 Å². The number of para-hydroxylation sites is 4. The molecule has 4 nitrogen and oxygen atoms in total. The first-order valence-corrected chi connectivity index (χ1v) is 18.9. The summed E-state index contributed by atoms with van der Waals surface area (Å²) in [6, 6.07) is 70.3. The molecule has 0 amide bonds. The van der Waals surface area contributed by atoms with Crippen LogP contribution in [0, 0.1) is 0 Å². The molecule has 0 saturated heterocycles. The van der Waals surface area contributed by atoms with Crippen molar-refractivity contribution < 1.29 is 4.42 Å².